The van der Waals surface area contributed by atoms with Crippen LogP contribution in [0, 0.1) is 0 Å². The Morgan fingerprint density at radius 3 is 2.60 bits per heavy atom. The molecule has 0 aliphatic carbocycles. The number of esters is 1. The number of nitrogens with zero attached hydrogens (tertiary/aromatic N) is 2. The highest BCUT2D eigenvalue weighted by Gasteiger charge is 2.14. The largest absolute Gasteiger partial charge is 0.469 e. The van der Waals surface area contributed by atoms with Gasteiger partial charge in [-0.05, 0) is 35.9 Å². The molecule has 0 saturated heterocycles. The number of pyridine rings is 1. The van der Waals surface area contributed by atoms with Crippen LogP contribution in [0.2, 0.25) is 5.02 Å². The number of hydrogen-bond acceptors (Lipinski definition) is 4. The van der Waals surface area contributed by atoms with Crippen LogP contribution in [0.25, 0.3) is 6.08 Å². The van der Waals surface area contributed by atoms with Crippen LogP contribution >= 0.6 is 11.6 Å². The summed E-state index contributed by atoms with van der Waals surface area (Å²) in [5, 5.41) is 0.637. The van der Waals surface area contributed by atoms with Gasteiger partial charge >= 0.3 is 5.97 Å². The van der Waals surface area contributed by atoms with Gasteiger partial charge in [-0.2, -0.15) is 0 Å². The molecule has 0 aliphatic heterocycles. The third kappa shape index (κ3) is 6.39. The molecule has 0 unspecified atom stereocenters. The van der Waals surface area contributed by atoms with E-state index >= 15 is 0 Å². The van der Waals surface area contributed by atoms with Gasteiger partial charge in [0, 0.05) is 23.8 Å². The van der Waals surface area contributed by atoms with Crippen molar-refractivity contribution in [3.8, 4) is 0 Å². The van der Waals surface area contributed by atoms with E-state index in [4.69, 9.17) is 11.6 Å². The fourth-order valence-electron chi connectivity index (χ4n) is 2.13. The Morgan fingerprint density at radius 2 is 1.96 bits per heavy atom. The van der Waals surface area contributed by atoms with E-state index in [1.54, 1.807) is 29.3 Å². The normalized spacial score (nSPS) is 10.6. The third-order valence-corrected chi connectivity index (χ3v) is 3.74. The number of carbonyl (C=O) groups excluding carboxylic acids is 2. The van der Waals surface area contributed by atoms with Gasteiger partial charge in [0.2, 0.25) is 5.91 Å². The van der Waals surface area contributed by atoms with E-state index in [-0.39, 0.29) is 24.8 Å². The van der Waals surface area contributed by atoms with Crippen molar-refractivity contribution in [2.45, 2.75) is 13.0 Å². The minimum Gasteiger partial charge on any atom is -0.469 e. The van der Waals surface area contributed by atoms with Crippen LogP contribution in [-0.4, -0.2) is 35.4 Å². The lowest BCUT2D eigenvalue weighted by Crippen LogP contribution is -2.31. The first-order valence-corrected chi connectivity index (χ1v) is 8.15. The standard InChI is InChI=1S/C19H19ClN2O3/c1-25-19(24)11-13-22(14-17-4-2-3-12-21-17)18(23)10-7-15-5-8-16(20)9-6-15/h2-10,12H,11,13-14H2,1H3/b10-7+. The molecule has 0 bridgehead atoms. The van der Waals surface area contributed by atoms with E-state index < -0.39 is 0 Å². The van der Waals surface area contributed by atoms with Gasteiger partial charge in [-0.15, -0.1) is 0 Å². The SMILES string of the molecule is COC(=O)CCN(Cc1ccccn1)C(=O)/C=C/c1ccc(Cl)cc1. The Hall–Kier alpha value is -2.66. The van der Waals surface area contributed by atoms with Crippen molar-refractivity contribution >= 4 is 29.6 Å². The van der Waals surface area contributed by atoms with Crippen molar-refractivity contribution in [1.82, 2.24) is 9.88 Å². The van der Waals surface area contributed by atoms with Gasteiger partial charge in [0.1, 0.15) is 0 Å². The molecule has 2 aromatic rings. The number of aromatic nitrogens is 1. The van der Waals surface area contributed by atoms with E-state index in [1.807, 2.05) is 30.3 Å². The minimum absolute atomic E-state index is 0.129. The summed E-state index contributed by atoms with van der Waals surface area (Å²) in [6.07, 6.45) is 4.98. The van der Waals surface area contributed by atoms with Crippen LogP contribution in [0.3, 0.4) is 0 Å². The van der Waals surface area contributed by atoms with Crippen LogP contribution in [0.4, 0.5) is 0 Å². The summed E-state index contributed by atoms with van der Waals surface area (Å²) in [7, 11) is 1.33. The fourth-order valence-corrected chi connectivity index (χ4v) is 2.26. The molecule has 0 spiro atoms. The first-order valence-electron chi connectivity index (χ1n) is 7.78. The van der Waals surface area contributed by atoms with Gasteiger partial charge in [-0.1, -0.05) is 29.8 Å². The molecule has 130 valence electrons. The molecule has 0 fully saturated rings. The number of benzene rings is 1. The molecule has 2 rings (SSSR count). The third-order valence-electron chi connectivity index (χ3n) is 3.49. The number of rotatable bonds is 7. The average Bonchev–Trinajstić information content (AvgIpc) is 2.64. The molecule has 0 aliphatic rings. The van der Waals surface area contributed by atoms with Gasteiger partial charge in [0.05, 0.1) is 25.8 Å². The second-order valence-corrected chi connectivity index (χ2v) is 5.73. The predicted octanol–water partition coefficient (Wildman–Crippen LogP) is 3.34. The number of amides is 1. The topological polar surface area (TPSA) is 59.5 Å². The summed E-state index contributed by atoms with van der Waals surface area (Å²) in [6, 6.07) is 12.7. The molecule has 6 heteroatoms. The quantitative estimate of drug-likeness (QED) is 0.562. The molecule has 1 aromatic heterocycles. The summed E-state index contributed by atoms with van der Waals surface area (Å²) in [6.45, 7) is 0.578. The van der Waals surface area contributed by atoms with Crippen LogP contribution in [0.5, 0.6) is 0 Å². The Morgan fingerprint density at radius 1 is 1.20 bits per heavy atom. The van der Waals surface area contributed by atoms with E-state index in [2.05, 4.69) is 9.72 Å². The highest BCUT2D eigenvalue weighted by molar-refractivity contribution is 6.30. The Balaban J connectivity index is 2.07. The Kier molecular flexibility index (Phi) is 7.16. The van der Waals surface area contributed by atoms with E-state index in [9.17, 15) is 9.59 Å². The van der Waals surface area contributed by atoms with Crippen molar-refractivity contribution in [2.75, 3.05) is 13.7 Å². The maximum Gasteiger partial charge on any atom is 0.307 e. The second kappa shape index (κ2) is 9.59. The van der Waals surface area contributed by atoms with Gasteiger partial charge in [-0.25, -0.2) is 0 Å². The van der Waals surface area contributed by atoms with E-state index in [0.29, 0.717) is 11.6 Å². The maximum absolute atomic E-state index is 12.5. The zero-order valence-corrected chi connectivity index (χ0v) is 14.6. The number of methoxy groups -OCH3 is 1. The van der Waals surface area contributed by atoms with Crippen LogP contribution in [0.15, 0.2) is 54.7 Å². The number of halogens is 1. The number of ether oxygens (including phenoxy) is 1. The first kappa shape index (κ1) is 18.7. The van der Waals surface area contributed by atoms with Gasteiger partial charge < -0.3 is 9.64 Å². The Bertz CT molecular complexity index is 730. The first-order chi connectivity index (χ1) is 12.1. The summed E-state index contributed by atoms with van der Waals surface area (Å²) in [5.41, 5.74) is 1.61. The van der Waals surface area contributed by atoms with Crippen LogP contribution in [-0.2, 0) is 20.9 Å². The van der Waals surface area contributed by atoms with Crippen LogP contribution < -0.4 is 0 Å². The predicted molar refractivity (Wildman–Crippen MR) is 96.8 cm³/mol. The molecule has 5 nitrogen and oxygen atoms in total. The zero-order chi connectivity index (χ0) is 18.1. The Labute approximate surface area is 151 Å². The molecular weight excluding hydrogens is 340 g/mol. The van der Waals surface area contributed by atoms with Crippen molar-refractivity contribution in [1.29, 1.82) is 0 Å². The lowest BCUT2D eigenvalue weighted by molar-refractivity contribution is -0.141. The summed E-state index contributed by atoms with van der Waals surface area (Å²) in [5.74, 6) is -0.565. The van der Waals surface area contributed by atoms with Gasteiger partial charge in [-0.3, -0.25) is 14.6 Å². The molecule has 1 aromatic carbocycles. The van der Waals surface area contributed by atoms with E-state index in [1.165, 1.54) is 13.2 Å². The molecular formula is C19H19ClN2O3. The number of carbonyl (C=O) groups is 2. The molecule has 0 N–H and O–H groups in total. The highest BCUT2D eigenvalue weighted by Crippen LogP contribution is 2.11. The lowest BCUT2D eigenvalue weighted by Gasteiger charge is -2.20. The van der Waals surface area contributed by atoms with Crippen molar-refractivity contribution < 1.29 is 14.3 Å². The molecule has 0 atom stereocenters. The minimum atomic E-state index is -0.361. The van der Waals surface area contributed by atoms with E-state index in [0.717, 1.165) is 11.3 Å². The summed E-state index contributed by atoms with van der Waals surface area (Å²) < 4.78 is 4.65. The van der Waals surface area contributed by atoms with Crippen molar-refractivity contribution in [2.24, 2.45) is 0 Å². The molecule has 1 heterocycles. The van der Waals surface area contributed by atoms with Gasteiger partial charge in [0.25, 0.3) is 0 Å². The molecule has 1 amide bonds. The second-order valence-electron chi connectivity index (χ2n) is 5.29. The lowest BCUT2D eigenvalue weighted by atomic mass is 10.2. The smallest absolute Gasteiger partial charge is 0.307 e. The van der Waals surface area contributed by atoms with Crippen LogP contribution in [0.1, 0.15) is 17.7 Å². The maximum atomic E-state index is 12.5. The van der Waals surface area contributed by atoms with Crippen molar-refractivity contribution in [3.63, 3.8) is 0 Å². The monoisotopic (exact) mass is 358 g/mol. The fraction of sp³-hybridized carbons (Fsp3) is 0.211. The van der Waals surface area contributed by atoms with Gasteiger partial charge in [0.15, 0.2) is 0 Å². The summed E-state index contributed by atoms with van der Waals surface area (Å²) >= 11 is 5.85. The molecule has 25 heavy (non-hydrogen) atoms. The average molecular weight is 359 g/mol. The highest BCUT2D eigenvalue weighted by atomic mass is 35.5. The molecule has 0 saturated carbocycles. The molecule has 0 radical (unpaired) electrons. The van der Waals surface area contributed by atoms with Crippen molar-refractivity contribution in [3.05, 3.63) is 71.0 Å². The summed E-state index contributed by atoms with van der Waals surface area (Å²) in [4.78, 5) is 29.7. The zero-order valence-electron chi connectivity index (χ0n) is 13.9. The number of hydrogen-bond donors (Lipinski definition) is 0.